The molecular formula is C13H13N3O2S. The van der Waals surface area contributed by atoms with Crippen molar-refractivity contribution in [3.8, 4) is 0 Å². The normalized spacial score (nSPS) is 19.1. The molecule has 2 aromatic rings. The highest BCUT2D eigenvalue weighted by Gasteiger charge is 2.33. The van der Waals surface area contributed by atoms with Crippen LogP contribution in [0, 0.1) is 0 Å². The number of carbonyl (C=O) groups is 1. The van der Waals surface area contributed by atoms with Crippen molar-refractivity contribution in [3.05, 3.63) is 46.2 Å². The van der Waals surface area contributed by atoms with Gasteiger partial charge in [-0.1, -0.05) is 0 Å². The number of aromatic nitrogens is 2. The first-order valence-corrected chi connectivity index (χ1v) is 6.91. The van der Waals surface area contributed by atoms with E-state index in [1.807, 2.05) is 22.4 Å². The van der Waals surface area contributed by atoms with E-state index in [0.717, 1.165) is 24.2 Å². The van der Waals surface area contributed by atoms with E-state index in [1.54, 1.807) is 17.5 Å². The third kappa shape index (κ3) is 2.36. The van der Waals surface area contributed by atoms with E-state index in [0.29, 0.717) is 6.54 Å². The topological polar surface area (TPSA) is 66.3 Å². The molecule has 1 atom stereocenters. The van der Waals surface area contributed by atoms with Gasteiger partial charge in [0.05, 0.1) is 5.69 Å². The Morgan fingerprint density at radius 2 is 2.42 bits per heavy atom. The molecule has 1 N–H and O–H groups in total. The van der Waals surface area contributed by atoms with Crippen molar-refractivity contribution in [2.24, 2.45) is 0 Å². The lowest BCUT2D eigenvalue weighted by Crippen LogP contribution is -2.38. The SMILES string of the molecule is O=C(O)C1c2ccsc2CCN1Cc1ccncn1. The molecule has 0 amide bonds. The van der Waals surface area contributed by atoms with Crippen LogP contribution < -0.4 is 0 Å². The van der Waals surface area contributed by atoms with E-state index in [1.165, 1.54) is 11.2 Å². The molecule has 0 aliphatic carbocycles. The molecule has 1 aliphatic heterocycles. The Morgan fingerprint density at radius 3 is 3.16 bits per heavy atom. The van der Waals surface area contributed by atoms with E-state index in [9.17, 15) is 9.90 Å². The summed E-state index contributed by atoms with van der Waals surface area (Å²) in [4.78, 5) is 22.7. The van der Waals surface area contributed by atoms with E-state index in [-0.39, 0.29) is 0 Å². The minimum absolute atomic E-state index is 0.536. The number of aliphatic carboxylic acids is 1. The van der Waals surface area contributed by atoms with Crippen molar-refractivity contribution in [2.45, 2.75) is 19.0 Å². The van der Waals surface area contributed by atoms with E-state index in [4.69, 9.17) is 0 Å². The lowest BCUT2D eigenvalue weighted by atomic mass is 10.00. The molecule has 0 aromatic carbocycles. The van der Waals surface area contributed by atoms with Crippen LogP contribution in [0.15, 0.2) is 30.0 Å². The summed E-state index contributed by atoms with van der Waals surface area (Å²) in [5, 5.41) is 11.4. The van der Waals surface area contributed by atoms with Gasteiger partial charge in [0.15, 0.2) is 0 Å². The van der Waals surface area contributed by atoms with Crippen LogP contribution in [0.3, 0.4) is 0 Å². The van der Waals surface area contributed by atoms with Gasteiger partial charge in [-0.05, 0) is 29.5 Å². The maximum Gasteiger partial charge on any atom is 0.325 e. The van der Waals surface area contributed by atoms with Crippen molar-refractivity contribution in [1.82, 2.24) is 14.9 Å². The smallest absolute Gasteiger partial charge is 0.325 e. The van der Waals surface area contributed by atoms with Crippen molar-refractivity contribution < 1.29 is 9.90 Å². The lowest BCUT2D eigenvalue weighted by molar-refractivity contribution is -0.144. The Balaban J connectivity index is 1.88. The van der Waals surface area contributed by atoms with Crippen LogP contribution >= 0.6 is 11.3 Å². The van der Waals surface area contributed by atoms with Gasteiger partial charge in [-0.2, -0.15) is 0 Å². The predicted molar refractivity (Wildman–Crippen MR) is 70.8 cm³/mol. The Hall–Kier alpha value is -1.79. The number of thiophene rings is 1. The molecule has 3 rings (SSSR count). The molecule has 19 heavy (non-hydrogen) atoms. The van der Waals surface area contributed by atoms with Crippen LogP contribution in [-0.2, 0) is 17.8 Å². The van der Waals surface area contributed by atoms with Crippen molar-refractivity contribution in [3.63, 3.8) is 0 Å². The van der Waals surface area contributed by atoms with Gasteiger partial charge in [0, 0.05) is 24.2 Å². The zero-order valence-corrected chi connectivity index (χ0v) is 11.0. The number of carboxylic acids is 1. The van der Waals surface area contributed by atoms with E-state index in [2.05, 4.69) is 9.97 Å². The van der Waals surface area contributed by atoms with Gasteiger partial charge >= 0.3 is 5.97 Å². The summed E-state index contributed by atoms with van der Waals surface area (Å²) in [7, 11) is 0. The third-order valence-electron chi connectivity index (χ3n) is 3.31. The molecule has 6 heteroatoms. The monoisotopic (exact) mass is 275 g/mol. The highest BCUT2D eigenvalue weighted by atomic mass is 32.1. The van der Waals surface area contributed by atoms with Gasteiger partial charge in [0.25, 0.3) is 0 Å². The van der Waals surface area contributed by atoms with Gasteiger partial charge < -0.3 is 5.11 Å². The van der Waals surface area contributed by atoms with Crippen LogP contribution in [0.1, 0.15) is 22.2 Å². The van der Waals surface area contributed by atoms with E-state index >= 15 is 0 Å². The fraction of sp³-hybridized carbons (Fsp3) is 0.308. The van der Waals surface area contributed by atoms with Crippen LogP contribution in [0.2, 0.25) is 0 Å². The average Bonchev–Trinajstić information content (AvgIpc) is 2.87. The fourth-order valence-electron chi connectivity index (χ4n) is 2.45. The number of rotatable bonds is 3. The molecule has 0 radical (unpaired) electrons. The number of nitrogens with zero attached hydrogens (tertiary/aromatic N) is 3. The summed E-state index contributed by atoms with van der Waals surface area (Å²) in [6.45, 7) is 1.28. The molecule has 5 nitrogen and oxygen atoms in total. The van der Waals surface area contributed by atoms with Crippen LogP contribution in [-0.4, -0.2) is 32.5 Å². The second-order valence-corrected chi connectivity index (χ2v) is 5.46. The zero-order chi connectivity index (χ0) is 13.2. The van der Waals surface area contributed by atoms with Gasteiger partial charge in [-0.25, -0.2) is 9.97 Å². The molecule has 1 unspecified atom stereocenters. The first-order valence-electron chi connectivity index (χ1n) is 6.03. The number of fused-ring (bicyclic) bond motifs is 1. The summed E-state index contributed by atoms with van der Waals surface area (Å²) < 4.78 is 0. The summed E-state index contributed by atoms with van der Waals surface area (Å²) in [6, 6.07) is 3.18. The molecule has 0 saturated heterocycles. The number of hydrogen-bond acceptors (Lipinski definition) is 5. The first kappa shape index (κ1) is 12.3. The molecular weight excluding hydrogens is 262 g/mol. The molecule has 1 aliphatic rings. The predicted octanol–water partition coefficient (Wildman–Crippen LogP) is 1.72. The van der Waals surface area contributed by atoms with Gasteiger partial charge in [-0.15, -0.1) is 11.3 Å². The summed E-state index contributed by atoms with van der Waals surface area (Å²) in [5.41, 5.74) is 1.78. The minimum Gasteiger partial charge on any atom is -0.480 e. The molecule has 0 fully saturated rings. The minimum atomic E-state index is -0.798. The molecule has 98 valence electrons. The van der Waals surface area contributed by atoms with Gasteiger partial charge in [0.1, 0.15) is 12.4 Å². The Morgan fingerprint density at radius 1 is 1.53 bits per heavy atom. The number of carboxylic acid groups (broad SMARTS) is 1. The average molecular weight is 275 g/mol. The van der Waals surface area contributed by atoms with Crippen molar-refractivity contribution in [2.75, 3.05) is 6.54 Å². The van der Waals surface area contributed by atoms with Crippen LogP contribution in [0.4, 0.5) is 0 Å². The molecule has 3 heterocycles. The van der Waals surface area contributed by atoms with Crippen molar-refractivity contribution >= 4 is 17.3 Å². The van der Waals surface area contributed by atoms with E-state index < -0.39 is 12.0 Å². The number of hydrogen-bond donors (Lipinski definition) is 1. The van der Waals surface area contributed by atoms with Gasteiger partial charge in [0.2, 0.25) is 0 Å². The summed E-state index contributed by atoms with van der Waals surface area (Å²) >= 11 is 1.64. The molecule has 0 bridgehead atoms. The highest BCUT2D eigenvalue weighted by Crippen LogP contribution is 2.34. The maximum atomic E-state index is 11.5. The summed E-state index contributed by atoms with van der Waals surface area (Å²) in [5.74, 6) is -0.798. The molecule has 2 aromatic heterocycles. The first-order chi connectivity index (χ1) is 9.25. The molecule has 0 saturated carbocycles. The highest BCUT2D eigenvalue weighted by molar-refractivity contribution is 7.10. The Labute approximate surface area is 114 Å². The maximum absolute atomic E-state index is 11.5. The van der Waals surface area contributed by atoms with Crippen LogP contribution in [0.25, 0.3) is 0 Å². The second-order valence-electron chi connectivity index (χ2n) is 4.46. The second kappa shape index (κ2) is 5.07. The van der Waals surface area contributed by atoms with Gasteiger partial charge in [-0.3, -0.25) is 9.69 Å². The summed E-state index contributed by atoms with van der Waals surface area (Å²) in [6.07, 6.45) is 4.07. The standard InChI is InChI=1S/C13H13N3O2S/c17-13(18)12-10-3-6-19-11(10)2-5-16(12)7-9-1-4-14-8-15-9/h1,3-4,6,8,12H,2,5,7H2,(H,17,18). The quantitative estimate of drug-likeness (QED) is 0.924. The lowest BCUT2D eigenvalue weighted by Gasteiger charge is -2.32. The zero-order valence-electron chi connectivity index (χ0n) is 10.2. The molecule has 0 spiro atoms. The van der Waals surface area contributed by atoms with Crippen molar-refractivity contribution in [1.29, 1.82) is 0 Å². The fourth-order valence-corrected chi connectivity index (χ4v) is 3.35. The largest absolute Gasteiger partial charge is 0.480 e. The third-order valence-corrected chi connectivity index (χ3v) is 4.30. The Kier molecular flexibility index (Phi) is 3.27. The Bertz CT molecular complexity index is 585. The van der Waals surface area contributed by atoms with Crippen LogP contribution in [0.5, 0.6) is 0 Å².